The molecule has 0 bridgehead atoms. The standard InChI is InChI=1S/C10H12O5/c1-14-9(12)4-7-10(15-13)5-2-8(11)3-6-10/h2-3,5-6,13H,4,7H2,1H3. The van der Waals surface area contributed by atoms with E-state index < -0.39 is 11.6 Å². The Morgan fingerprint density at radius 1 is 1.47 bits per heavy atom. The Hall–Kier alpha value is -1.46. The van der Waals surface area contributed by atoms with Gasteiger partial charge in [-0.2, -0.15) is 0 Å². The third-order valence-corrected chi connectivity index (χ3v) is 2.18. The number of methoxy groups -OCH3 is 1. The Morgan fingerprint density at radius 3 is 2.53 bits per heavy atom. The van der Waals surface area contributed by atoms with Gasteiger partial charge in [0, 0.05) is 6.42 Å². The van der Waals surface area contributed by atoms with E-state index in [1.165, 1.54) is 31.4 Å². The SMILES string of the molecule is COC(=O)CCC1(OO)C=CC(=O)C=C1. The predicted molar refractivity (Wildman–Crippen MR) is 51.0 cm³/mol. The second-order valence-corrected chi connectivity index (χ2v) is 3.19. The number of allylic oxidation sites excluding steroid dienone is 2. The van der Waals surface area contributed by atoms with Crippen LogP contribution in [0, 0.1) is 0 Å². The summed E-state index contributed by atoms with van der Waals surface area (Å²) in [5.74, 6) is -0.578. The third kappa shape index (κ3) is 3.00. The van der Waals surface area contributed by atoms with Crippen molar-refractivity contribution in [1.82, 2.24) is 0 Å². The molecular weight excluding hydrogens is 200 g/mol. The number of ketones is 1. The molecule has 0 saturated heterocycles. The van der Waals surface area contributed by atoms with Crippen molar-refractivity contribution in [3.8, 4) is 0 Å². The van der Waals surface area contributed by atoms with E-state index in [9.17, 15) is 9.59 Å². The summed E-state index contributed by atoms with van der Waals surface area (Å²) in [5, 5.41) is 8.75. The number of hydrogen-bond acceptors (Lipinski definition) is 5. The van der Waals surface area contributed by atoms with Crippen LogP contribution in [0.1, 0.15) is 12.8 Å². The number of carbonyl (C=O) groups excluding carboxylic acids is 2. The summed E-state index contributed by atoms with van der Waals surface area (Å²) < 4.78 is 4.46. The average Bonchev–Trinajstić information content (AvgIpc) is 2.28. The maximum atomic E-state index is 10.9. The Bertz CT molecular complexity index is 300. The lowest BCUT2D eigenvalue weighted by atomic mass is 9.92. The molecule has 1 aliphatic carbocycles. The summed E-state index contributed by atoms with van der Waals surface area (Å²) in [6, 6.07) is 0. The van der Waals surface area contributed by atoms with Gasteiger partial charge in [0.25, 0.3) is 0 Å². The highest BCUT2D eigenvalue weighted by molar-refractivity contribution is 6.00. The molecule has 0 fully saturated rings. The molecule has 0 aromatic heterocycles. The number of rotatable bonds is 4. The summed E-state index contributed by atoms with van der Waals surface area (Å²) >= 11 is 0. The zero-order valence-corrected chi connectivity index (χ0v) is 8.30. The molecular formula is C10H12O5. The van der Waals surface area contributed by atoms with E-state index in [0.29, 0.717) is 0 Å². The fourth-order valence-electron chi connectivity index (χ4n) is 1.23. The van der Waals surface area contributed by atoms with Gasteiger partial charge < -0.3 is 4.74 Å². The molecule has 0 unspecified atom stereocenters. The zero-order chi connectivity index (χ0) is 11.3. The van der Waals surface area contributed by atoms with Crippen LogP contribution in [0.2, 0.25) is 0 Å². The molecule has 1 rings (SSSR count). The summed E-state index contributed by atoms with van der Waals surface area (Å²) in [7, 11) is 1.28. The van der Waals surface area contributed by atoms with Gasteiger partial charge in [-0.05, 0) is 30.7 Å². The van der Waals surface area contributed by atoms with Crippen molar-refractivity contribution in [2.45, 2.75) is 18.4 Å². The van der Waals surface area contributed by atoms with E-state index in [0.717, 1.165) is 0 Å². The van der Waals surface area contributed by atoms with Gasteiger partial charge in [0.15, 0.2) is 5.78 Å². The first-order valence-corrected chi connectivity index (χ1v) is 4.44. The fourth-order valence-corrected chi connectivity index (χ4v) is 1.23. The van der Waals surface area contributed by atoms with Crippen LogP contribution in [0.15, 0.2) is 24.3 Å². The van der Waals surface area contributed by atoms with Crippen LogP contribution in [-0.2, 0) is 19.2 Å². The molecule has 0 radical (unpaired) electrons. The molecule has 0 atom stereocenters. The van der Waals surface area contributed by atoms with Crippen LogP contribution < -0.4 is 0 Å². The minimum absolute atomic E-state index is 0.0972. The fraction of sp³-hybridized carbons (Fsp3) is 0.400. The number of hydrogen-bond donors (Lipinski definition) is 1. The second kappa shape index (κ2) is 4.86. The van der Waals surface area contributed by atoms with Crippen LogP contribution in [0.25, 0.3) is 0 Å². The zero-order valence-electron chi connectivity index (χ0n) is 8.30. The van der Waals surface area contributed by atoms with E-state index in [2.05, 4.69) is 9.62 Å². The first kappa shape index (κ1) is 11.6. The quantitative estimate of drug-likeness (QED) is 0.425. The van der Waals surface area contributed by atoms with Gasteiger partial charge in [-0.15, -0.1) is 0 Å². The van der Waals surface area contributed by atoms with Gasteiger partial charge in [0.2, 0.25) is 0 Å². The van der Waals surface area contributed by atoms with Gasteiger partial charge in [-0.1, -0.05) is 0 Å². The van der Waals surface area contributed by atoms with Gasteiger partial charge >= 0.3 is 5.97 Å². The molecule has 0 aliphatic heterocycles. The van der Waals surface area contributed by atoms with E-state index in [4.69, 9.17) is 5.26 Å². The number of carbonyl (C=O) groups is 2. The first-order chi connectivity index (χ1) is 7.12. The van der Waals surface area contributed by atoms with E-state index in [1.54, 1.807) is 0 Å². The van der Waals surface area contributed by atoms with Crippen LogP contribution in [0.4, 0.5) is 0 Å². The number of ether oxygens (including phenoxy) is 1. The van der Waals surface area contributed by atoms with Gasteiger partial charge in [-0.25, -0.2) is 4.89 Å². The van der Waals surface area contributed by atoms with Crippen molar-refractivity contribution in [2.75, 3.05) is 7.11 Å². The van der Waals surface area contributed by atoms with Gasteiger partial charge in [-0.3, -0.25) is 14.8 Å². The van der Waals surface area contributed by atoms with Crippen molar-refractivity contribution in [3.05, 3.63) is 24.3 Å². The first-order valence-electron chi connectivity index (χ1n) is 4.44. The van der Waals surface area contributed by atoms with Crippen molar-refractivity contribution in [3.63, 3.8) is 0 Å². The van der Waals surface area contributed by atoms with Crippen LogP contribution in [0.3, 0.4) is 0 Å². The molecule has 0 amide bonds. The summed E-state index contributed by atoms with van der Waals surface area (Å²) in [6.45, 7) is 0. The van der Waals surface area contributed by atoms with Crippen molar-refractivity contribution >= 4 is 11.8 Å². The summed E-state index contributed by atoms with van der Waals surface area (Å²) in [6.07, 6.45) is 5.72. The molecule has 82 valence electrons. The Morgan fingerprint density at radius 2 is 2.07 bits per heavy atom. The lowest BCUT2D eigenvalue weighted by Gasteiger charge is -2.24. The molecule has 0 aromatic rings. The predicted octanol–water partition coefficient (Wildman–Crippen LogP) is 0.863. The Labute approximate surface area is 86.9 Å². The molecule has 1 aliphatic rings. The van der Waals surface area contributed by atoms with Crippen molar-refractivity contribution in [1.29, 1.82) is 0 Å². The van der Waals surface area contributed by atoms with E-state index in [1.807, 2.05) is 0 Å². The van der Waals surface area contributed by atoms with Crippen LogP contribution in [-0.4, -0.2) is 29.7 Å². The molecule has 0 aromatic carbocycles. The molecule has 5 nitrogen and oxygen atoms in total. The molecule has 0 spiro atoms. The van der Waals surface area contributed by atoms with Crippen LogP contribution >= 0.6 is 0 Å². The topological polar surface area (TPSA) is 72.8 Å². The molecule has 0 heterocycles. The molecule has 5 heteroatoms. The van der Waals surface area contributed by atoms with E-state index in [-0.39, 0.29) is 18.6 Å². The van der Waals surface area contributed by atoms with Crippen molar-refractivity contribution in [2.24, 2.45) is 0 Å². The Kier molecular flexibility index (Phi) is 3.76. The lowest BCUT2D eigenvalue weighted by molar-refractivity contribution is -0.294. The minimum Gasteiger partial charge on any atom is -0.469 e. The third-order valence-electron chi connectivity index (χ3n) is 2.18. The summed E-state index contributed by atoms with van der Waals surface area (Å²) in [5.41, 5.74) is -1.10. The minimum atomic E-state index is -1.10. The lowest BCUT2D eigenvalue weighted by Crippen LogP contribution is -2.29. The molecule has 15 heavy (non-hydrogen) atoms. The Balaban J connectivity index is 2.63. The number of esters is 1. The van der Waals surface area contributed by atoms with Crippen molar-refractivity contribution < 1.29 is 24.5 Å². The van der Waals surface area contributed by atoms with E-state index >= 15 is 0 Å². The second-order valence-electron chi connectivity index (χ2n) is 3.19. The highest BCUT2D eigenvalue weighted by Crippen LogP contribution is 2.24. The maximum Gasteiger partial charge on any atom is 0.305 e. The normalized spacial score (nSPS) is 17.9. The van der Waals surface area contributed by atoms with Crippen LogP contribution in [0.5, 0.6) is 0 Å². The van der Waals surface area contributed by atoms with Gasteiger partial charge in [0.1, 0.15) is 5.60 Å². The molecule has 1 N–H and O–H groups in total. The molecule has 0 saturated carbocycles. The summed E-state index contributed by atoms with van der Waals surface area (Å²) in [4.78, 5) is 26.0. The highest BCUT2D eigenvalue weighted by atomic mass is 17.1. The average molecular weight is 212 g/mol. The monoisotopic (exact) mass is 212 g/mol. The van der Waals surface area contributed by atoms with Gasteiger partial charge in [0.05, 0.1) is 7.11 Å². The largest absolute Gasteiger partial charge is 0.469 e. The smallest absolute Gasteiger partial charge is 0.305 e. The maximum absolute atomic E-state index is 10.9. The highest BCUT2D eigenvalue weighted by Gasteiger charge is 2.29.